The number of anilines is 1. The van der Waals surface area contributed by atoms with E-state index in [2.05, 4.69) is 10.3 Å². The second-order valence-electron chi connectivity index (χ2n) is 6.76. The van der Waals surface area contributed by atoms with Crippen molar-refractivity contribution in [1.82, 2.24) is 9.55 Å². The van der Waals surface area contributed by atoms with Gasteiger partial charge in [-0.15, -0.1) is 0 Å². The van der Waals surface area contributed by atoms with Gasteiger partial charge in [-0.05, 0) is 36.6 Å². The zero-order valence-corrected chi connectivity index (χ0v) is 14.6. The number of rotatable bonds is 4. The van der Waals surface area contributed by atoms with E-state index < -0.39 is 29.6 Å². The molecule has 1 aromatic carbocycles. The van der Waals surface area contributed by atoms with Gasteiger partial charge in [-0.25, -0.2) is 9.78 Å². The van der Waals surface area contributed by atoms with Gasteiger partial charge in [-0.1, -0.05) is 25.0 Å². The van der Waals surface area contributed by atoms with Crippen LogP contribution in [0.3, 0.4) is 0 Å². The molecule has 1 saturated carbocycles. The second-order valence-corrected chi connectivity index (χ2v) is 6.76. The standard InChI is InChI=1S/C19H20F3N3O2/c20-19(21,22)16-8-2-1-7-15(16)17(26)24-14-6-3-5-13(11-14)12-25-10-4-9-23-18(25)27/h3-6,9-11,15-16H,1-2,7-8,12H2,(H,24,26)/t15-,16+/m0/s1. The Morgan fingerprint density at radius 2 is 2.00 bits per heavy atom. The first kappa shape index (κ1) is 19.1. The molecule has 2 atom stereocenters. The van der Waals surface area contributed by atoms with Crippen molar-refractivity contribution in [3.05, 3.63) is 58.8 Å². The van der Waals surface area contributed by atoms with Gasteiger partial charge in [-0.3, -0.25) is 9.36 Å². The number of nitrogens with zero attached hydrogens (tertiary/aromatic N) is 2. The number of nitrogens with one attached hydrogen (secondary N) is 1. The monoisotopic (exact) mass is 379 g/mol. The van der Waals surface area contributed by atoms with Crippen LogP contribution in [0.15, 0.2) is 47.5 Å². The molecule has 2 aromatic rings. The maximum Gasteiger partial charge on any atom is 0.392 e. The fourth-order valence-electron chi connectivity index (χ4n) is 3.52. The van der Waals surface area contributed by atoms with Crippen molar-refractivity contribution in [2.24, 2.45) is 11.8 Å². The normalized spacial score (nSPS) is 20.3. The highest BCUT2D eigenvalue weighted by Gasteiger charge is 2.48. The average Bonchev–Trinajstić information content (AvgIpc) is 2.63. The van der Waals surface area contributed by atoms with Crippen molar-refractivity contribution in [2.45, 2.75) is 38.4 Å². The Kier molecular flexibility index (Phi) is 5.62. The Labute approximate surface area is 154 Å². The maximum atomic E-state index is 13.2. The summed E-state index contributed by atoms with van der Waals surface area (Å²) >= 11 is 0. The summed E-state index contributed by atoms with van der Waals surface area (Å²) in [4.78, 5) is 27.8. The molecule has 3 rings (SSSR count). The Morgan fingerprint density at radius 3 is 2.74 bits per heavy atom. The molecule has 1 heterocycles. The molecule has 0 aliphatic heterocycles. The molecule has 1 aromatic heterocycles. The number of carbonyl (C=O) groups excluding carboxylic acids is 1. The van der Waals surface area contributed by atoms with Crippen LogP contribution < -0.4 is 11.0 Å². The van der Waals surface area contributed by atoms with Crippen molar-refractivity contribution in [3.63, 3.8) is 0 Å². The number of carbonyl (C=O) groups is 1. The molecule has 144 valence electrons. The smallest absolute Gasteiger partial charge is 0.326 e. The minimum atomic E-state index is -4.37. The van der Waals surface area contributed by atoms with Gasteiger partial charge in [0.25, 0.3) is 0 Å². The summed E-state index contributed by atoms with van der Waals surface area (Å²) in [7, 11) is 0. The molecule has 1 aliphatic rings. The van der Waals surface area contributed by atoms with Crippen LogP contribution in [0.25, 0.3) is 0 Å². The molecule has 0 saturated heterocycles. The van der Waals surface area contributed by atoms with Gasteiger partial charge in [-0.2, -0.15) is 13.2 Å². The van der Waals surface area contributed by atoms with Crippen molar-refractivity contribution in [2.75, 3.05) is 5.32 Å². The summed E-state index contributed by atoms with van der Waals surface area (Å²) in [6.07, 6.45) is -0.0384. The van der Waals surface area contributed by atoms with Gasteiger partial charge >= 0.3 is 11.9 Å². The largest absolute Gasteiger partial charge is 0.392 e. The molecule has 0 unspecified atom stereocenters. The van der Waals surface area contributed by atoms with Crippen molar-refractivity contribution >= 4 is 11.6 Å². The van der Waals surface area contributed by atoms with Gasteiger partial charge in [0.1, 0.15) is 0 Å². The van der Waals surface area contributed by atoms with E-state index in [0.29, 0.717) is 18.5 Å². The third-order valence-electron chi connectivity index (χ3n) is 4.85. The summed E-state index contributed by atoms with van der Waals surface area (Å²) in [5.41, 5.74) is 0.752. The second kappa shape index (κ2) is 7.94. The molecular formula is C19H20F3N3O2. The van der Waals surface area contributed by atoms with Gasteiger partial charge < -0.3 is 5.32 Å². The maximum absolute atomic E-state index is 13.2. The zero-order chi connectivity index (χ0) is 19.4. The van der Waals surface area contributed by atoms with E-state index in [0.717, 1.165) is 5.56 Å². The van der Waals surface area contributed by atoms with E-state index in [-0.39, 0.29) is 19.4 Å². The number of aromatic nitrogens is 2. The zero-order valence-electron chi connectivity index (χ0n) is 14.6. The lowest BCUT2D eigenvalue weighted by Gasteiger charge is -2.32. The van der Waals surface area contributed by atoms with E-state index in [1.165, 1.54) is 10.8 Å². The van der Waals surface area contributed by atoms with Gasteiger partial charge in [0, 0.05) is 24.0 Å². The van der Waals surface area contributed by atoms with E-state index in [1.807, 2.05) is 0 Å². The third kappa shape index (κ3) is 4.75. The highest BCUT2D eigenvalue weighted by Crippen LogP contribution is 2.41. The summed E-state index contributed by atoms with van der Waals surface area (Å²) < 4.78 is 41.1. The molecule has 0 spiro atoms. The first-order valence-electron chi connectivity index (χ1n) is 8.82. The molecule has 27 heavy (non-hydrogen) atoms. The van der Waals surface area contributed by atoms with Crippen LogP contribution in [0.2, 0.25) is 0 Å². The number of halogens is 3. The average molecular weight is 379 g/mol. The van der Waals surface area contributed by atoms with Crippen LogP contribution in [0.1, 0.15) is 31.2 Å². The molecule has 1 amide bonds. The SMILES string of the molecule is O=C(Nc1cccc(Cn2cccnc2=O)c1)[C@H]1CCCC[C@H]1C(F)(F)F. The highest BCUT2D eigenvalue weighted by atomic mass is 19.4. The summed E-state index contributed by atoms with van der Waals surface area (Å²) in [5.74, 6) is -3.26. The lowest BCUT2D eigenvalue weighted by Crippen LogP contribution is -2.39. The Hall–Kier alpha value is -2.64. The molecule has 5 nitrogen and oxygen atoms in total. The Balaban J connectivity index is 1.73. The van der Waals surface area contributed by atoms with E-state index in [4.69, 9.17) is 0 Å². The molecule has 0 bridgehead atoms. The van der Waals surface area contributed by atoms with Gasteiger partial charge in [0.2, 0.25) is 5.91 Å². The van der Waals surface area contributed by atoms with Crippen LogP contribution in [-0.4, -0.2) is 21.6 Å². The third-order valence-corrected chi connectivity index (χ3v) is 4.85. The highest BCUT2D eigenvalue weighted by molar-refractivity contribution is 5.92. The molecule has 1 aliphatic carbocycles. The van der Waals surface area contributed by atoms with Crippen LogP contribution in [0, 0.1) is 11.8 Å². The summed E-state index contributed by atoms with van der Waals surface area (Å²) in [6.45, 7) is 0.255. The number of alkyl halides is 3. The molecule has 0 radical (unpaired) electrons. The van der Waals surface area contributed by atoms with E-state index in [1.54, 1.807) is 36.5 Å². The number of benzene rings is 1. The van der Waals surface area contributed by atoms with Crippen molar-refractivity contribution < 1.29 is 18.0 Å². The number of amides is 1. The minimum Gasteiger partial charge on any atom is -0.326 e. The summed E-state index contributed by atoms with van der Waals surface area (Å²) in [5, 5.41) is 2.61. The predicted molar refractivity (Wildman–Crippen MR) is 94.2 cm³/mol. The first-order valence-corrected chi connectivity index (χ1v) is 8.82. The Morgan fingerprint density at radius 1 is 1.22 bits per heavy atom. The minimum absolute atomic E-state index is 0.00838. The van der Waals surface area contributed by atoms with E-state index in [9.17, 15) is 22.8 Å². The number of hydrogen-bond acceptors (Lipinski definition) is 3. The Bertz CT molecular complexity index is 864. The van der Waals surface area contributed by atoms with Crippen molar-refractivity contribution in [3.8, 4) is 0 Å². The predicted octanol–water partition coefficient (Wildman–Crippen LogP) is 3.60. The summed E-state index contributed by atoms with van der Waals surface area (Å²) in [6, 6.07) is 8.37. The van der Waals surface area contributed by atoms with Gasteiger partial charge in [0.15, 0.2) is 0 Å². The van der Waals surface area contributed by atoms with Crippen LogP contribution in [-0.2, 0) is 11.3 Å². The number of hydrogen-bond donors (Lipinski definition) is 1. The van der Waals surface area contributed by atoms with Crippen LogP contribution in [0.5, 0.6) is 0 Å². The molecule has 1 N–H and O–H groups in total. The van der Waals surface area contributed by atoms with Crippen LogP contribution >= 0.6 is 0 Å². The molecular weight excluding hydrogens is 359 g/mol. The lowest BCUT2D eigenvalue weighted by atomic mass is 9.78. The van der Waals surface area contributed by atoms with Crippen LogP contribution in [0.4, 0.5) is 18.9 Å². The van der Waals surface area contributed by atoms with E-state index >= 15 is 0 Å². The quantitative estimate of drug-likeness (QED) is 0.883. The lowest BCUT2D eigenvalue weighted by molar-refractivity contribution is -0.197. The fourth-order valence-corrected chi connectivity index (χ4v) is 3.52. The van der Waals surface area contributed by atoms with Crippen molar-refractivity contribution in [1.29, 1.82) is 0 Å². The topological polar surface area (TPSA) is 64.0 Å². The first-order chi connectivity index (χ1) is 12.8. The fraction of sp³-hybridized carbons (Fsp3) is 0.421. The van der Waals surface area contributed by atoms with Gasteiger partial charge in [0.05, 0.1) is 12.5 Å². The molecule has 8 heteroatoms. The molecule has 1 fully saturated rings.